The highest BCUT2D eigenvalue weighted by Crippen LogP contribution is 2.33. The highest BCUT2D eigenvalue weighted by molar-refractivity contribution is 6.44. The van der Waals surface area contributed by atoms with Crippen LogP contribution in [0.4, 0.5) is 5.69 Å². The molecule has 1 aliphatic heterocycles. The van der Waals surface area contributed by atoms with Gasteiger partial charge >= 0.3 is 0 Å². The normalized spacial score (nSPS) is 24.8. The van der Waals surface area contributed by atoms with Crippen LogP contribution in [0.2, 0.25) is 15.1 Å². The highest BCUT2D eigenvalue weighted by atomic mass is 35.5. The smallest absolute Gasteiger partial charge is 0.0996 e. The zero-order valence-electron chi connectivity index (χ0n) is 8.21. The molecule has 2 atom stereocenters. The van der Waals surface area contributed by atoms with E-state index in [1.165, 1.54) is 0 Å². The van der Waals surface area contributed by atoms with E-state index in [-0.39, 0.29) is 6.04 Å². The summed E-state index contributed by atoms with van der Waals surface area (Å²) in [6.45, 7) is 0.772. The number of aliphatic hydroxyl groups excluding tert-OH is 1. The second kappa shape index (κ2) is 4.98. The summed E-state index contributed by atoms with van der Waals surface area (Å²) in [5.74, 6) is 0. The number of halogens is 3. The van der Waals surface area contributed by atoms with Gasteiger partial charge in [-0.2, -0.15) is 0 Å². The molecule has 0 amide bonds. The minimum Gasteiger partial charge on any atom is -0.388 e. The Morgan fingerprint density at radius 1 is 1.12 bits per heavy atom. The maximum Gasteiger partial charge on any atom is 0.0996 e. The van der Waals surface area contributed by atoms with Crippen molar-refractivity contribution in [2.75, 3.05) is 18.5 Å². The molecule has 0 saturated carbocycles. The first-order valence-electron chi connectivity index (χ1n) is 4.75. The average Bonchev–Trinajstić information content (AvgIpc) is 2.61. The van der Waals surface area contributed by atoms with Gasteiger partial charge in [0, 0.05) is 0 Å². The van der Waals surface area contributed by atoms with Crippen LogP contribution in [0.1, 0.15) is 0 Å². The van der Waals surface area contributed by atoms with Crippen LogP contribution >= 0.6 is 34.8 Å². The second-order valence-corrected chi connectivity index (χ2v) is 4.82. The zero-order chi connectivity index (χ0) is 11.7. The number of rotatable bonds is 2. The van der Waals surface area contributed by atoms with Crippen molar-refractivity contribution < 1.29 is 9.84 Å². The molecule has 0 spiro atoms. The molecule has 1 fully saturated rings. The van der Waals surface area contributed by atoms with Crippen molar-refractivity contribution in [3.8, 4) is 0 Å². The Morgan fingerprint density at radius 2 is 1.81 bits per heavy atom. The standard InChI is InChI=1S/C10H10Cl3NO2/c11-5-1-7(13)8(2-6(5)12)14-9-3-16-4-10(9)15/h1-2,9-10,14-15H,3-4H2. The maximum atomic E-state index is 9.58. The van der Waals surface area contributed by atoms with Crippen molar-refractivity contribution in [3.63, 3.8) is 0 Å². The van der Waals surface area contributed by atoms with Crippen molar-refractivity contribution in [2.24, 2.45) is 0 Å². The molecule has 2 unspecified atom stereocenters. The lowest BCUT2D eigenvalue weighted by Crippen LogP contribution is -2.31. The molecule has 0 radical (unpaired) electrons. The average molecular weight is 283 g/mol. The molecule has 3 nitrogen and oxygen atoms in total. The summed E-state index contributed by atoms with van der Waals surface area (Å²) in [6, 6.07) is 3.03. The van der Waals surface area contributed by atoms with Gasteiger partial charge in [-0.25, -0.2) is 0 Å². The van der Waals surface area contributed by atoms with Crippen LogP contribution in [-0.4, -0.2) is 30.5 Å². The first-order valence-corrected chi connectivity index (χ1v) is 5.88. The third-order valence-electron chi connectivity index (χ3n) is 2.40. The van der Waals surface area contributed by atoms with Gasteiger partial charge in [0.1, 0.15) is 0 Å². The Balaban J connectivity index is 2.18. The molecule has 1 aliphatic rings. The summed E-state index contributed by atoms with van der Waals surface area (Å²) in [4.78, 5) is 0. The monoisotopic (exact) mass is 281 g/mol. The van der Waals surface area contributed by atoms with Gasteiger partial charge in [0.25, 0.3) is 0 Å². The van der Waals surface area contributed by atoms with Gasteiger partial charge in [0.05, 0.1) is 46.1 Å². The summed E-state index contributed by atoms with van der Waals surface area (Å²) in [5, 5.41) is 13.9. The quantitative estimate of drug-likeness (QED) is 0.820. The van der Waals surface area contributed by atoms with Gasteiger partial charge in [-0.3, -0.25) is 0 Å². The predicted molar refractivity (Wildman–Crippen MR) is 65.7 cm³/mol. The molecule has 1 aromatic carbocycles. The summed E-state index contributed by atoms with van der Waals surface area (Å²) in [6.07, 6.45) is -0.537. The molecule has 2 rings (SSSR count). The molecule has 16 heavy (non-hydrogen) atoms. The van der Waals surface area contributed by atoms with E-state index in [0.717, 1.165) is 0 Å². The summed E-state index contributed by atoms with van der Waals surface area (Å²) in [7, 11) is 0. The van der Waals surface area contributed by atoms with Crippen LogP contribution in [0.5, 0.6) is 0 Å². The molecule has 0 bridgehead atoms. The van der Waals surface area contributed by atoms with Gasteiger partial charge in [0.15, 0.2) is 0 Å². The number of benzene rings is 1. The van der Waals surface area contributed by atoms with Crippen molar-refractivity contribution >= 4 is 40.5 Å². The largest absolute Gasteiger partial charge is 0.388 e. The van der Waals surface area contributed by atoms with E-state index in [9.17, 15) is 5.11 Å². The Bertz CT molecular complexity index is 400. The molecule has 2 N–H and O–H groups in total. The van der Waals surface area contributed by atoms with Crippen LogP contribution < -0.4 is 5.32 Å². The van der Waals surface area contributed by atoms with Crippen LogP contribution in [-0.2, 0) is 4.74 Å². The Kier molecular flexibility index (Phi) is 3.82. The summed E-state index contributed by atoms with van der Waals surface area (Å²) < 4.78 is 5.12. The number of anilines is 1. The first kappa shape index (κ1) is 12.3. The fraction of sp³-hybridized carbons (Fsp3) is 0.400. The van der Waals surface area contributed by atoms with Gasteiger partial charge in [-0.05, 0) is 12.1 Å². The van der Waals surface area contributed by atoms with Crippen LogP contribution in [0, 0.1) is 0 Å². The molecular weight excluding hydrogens is 272 g/mol. The third kappa shape index (κ3) is 2.55. The molecule has 1 saturated heterocycles. The fourth-order valence-corrected chi connectivity index (χ4v) is 2.12. The van der Waals surface area contributed by atoms with Crippen LogP contribution in [0.15, 0.2) is 12.1 Å². The number of hydrogen-bond donors (Lipinski definition) is 2. The maximum absolute atomic E-state index is 9.58. The fourth-order valence-electron chi connectivity index (χ4n) is 1.51. The molecule has 6 heteroatoms. The number of aliphatic hydroxyl groups is 1. The molecule has 88 valence electrons. The number of hydrogen-bond acceptors (Lipinski definition) is 3. The van der Waals surface area contributed by atoms with Gasteiger partial charge in [-0.15, -0.1) is 0 Å². The van der Waals surface area contributed by atoms with Gasteiger partial charge in [0.2, 0.25) is 0 Å². The van der Waals surface area contributed by atoms with Crippen molar-refractivity contribution in [2.45, 2.75) is 12.1 Å². The first-order chi connectivity index (χ1) is 7.58. The van der Waals surface area contributed by atoms with E-state index < -0.39 is 6.10 Å². The zero-order valence-corrected chi connectivity index (χ0v) is 10.5. The van der Waals surface area contributed by atoms with E-state index in [2.05, 4.69) is 5.32 Å². The van der Waals surface area contributed by atoms with Gasteiger partial charge in [-0.1, -0.05) is 34.8 Å². The highest BCUT2D eigenvalue weighted by Gasteiger charge is 2.26. The molecule has 1 heterocycles. The Labute approximate surface area is 108 Å². The SMILES string of the molecule is OC1COCC1Nc1cc(Cl)c(Cl)cc1Cl. The molecule has 0 aromatic heterocycles. The van der Waals surface area contributed by atoms with E-state index in [1.807, 2.05) is 0 Å². The second-order valence-electron chi connectivity index (χ2n) is 3.60. The Hall–Kier alpha value is -0.190. The van der Waals surface area contributed by atoms with Crippen molar-refractivity contribution in [1.82, 2.24) is 0 Å². The lowest BCUT2D eigenvalue weighted by atomic mass is 10.2. The van der Waals surface area contributed by atoms with Crippen molar-refractivity contribution in [3.05, 3.63) is 27.2 Å². The number of nitrogens with one attached hydrogen (secondary N) is 1. The van der Waals surface area contributed by atoms with Gasteiger partial charge < -0.3 is 15.2 Å². The Morgan fingerprint density at radius 3 is 2.44 bits per heavy atom. The van der Waals surface area contributed by atoms with E-state index in [0.29, 0.717) is 34.0 Å². The third-order valence-corrected chi connectivity index (χ3v) is 3.44. The molecule has 1 aromatic rings. The lowest BCUT2D eigenvalue weighted by molar-refractivity contribution is 0.125. The van der Waals surface area contributed by atoms with Crippen LogP contribution in [0.25, 0.3) is 0 Å². The van der Waals surface area contributed by atoms with E-state index in [4.69, 9.17) is 39.5 Å². The molecule has 0 aliphatic carbocycles. The topological polar surface area (TPSA) is 41.5 Å². The summed E-state index contributed by atoms with van der Waals surface area (Å²) >= 11 is 17.7. The predicted octanol–water partition coefficient (Wildman–Crippen LogP) is 2.82. The lowest BCUT2D eigenvalue weighted by Gasteiger charge is -2.17. The van der Waals surface area contributed by atoms with Crippen LogP contribution in [0.3, 0.4) is 0 Å². The van der Waals surface area contributed by atoms with E-state index in [1.54, 1.807) is 12.1 Å². The van der Waals surface area contributed by atoms with Crippen molar-refractivity contribution in [1.29, 1.82) is 0 Å². The van der Waals surface area contributed by atoms with E-state index >= 15 is 0 Å². The minimum absolute atomic E-state index is 0.172. The number of ether oxygens (including phenoxy) is 1. The summed E-state index contributed by atoms with van der Waals surface area (Å²) in [5.41, 5.74) is 0.644. The molecular formula is C10H10Cl3NO2. The minimum atomic E-state index is -0.537.